The number of aliphatic carboxylic acids is 1. The maximum absolute atomic E-state index is 10.9. The highest BCUT2D eigenvalue weighted by atomic mass is 35.5. The average Bonchev–Trinajstić information content (AvgIpc) is 2.80. The van der Waals surface area contributed by atoms with E-state index in [1.807, 2.05) is 31.0 Å². The summed E-state index contributed by atoms with van der Waals surface area (Å²) in [4.78, 5) is 15.3. The van der Waals surface area contributed by atoms with Crippen molar-refractivity contribution in [2.24, 2.45) is 0 Å². The molecule has 0 bridgehead atoms. The van der Waals surface area contributed by atoms with Crippen molar-refractivity contribution in [2.45, 2.75) is 38.8 Å². The van der Waals surface area contributed by atoms with Gasteiger partial charge in [0.25, 0.3) is 0 Å². The van der Waals surface area contributed by atoms with Crippen molar-refractivity contribution in [3.63, 3.8) is 0 Å². The number of likely N-dealkylation sites (tertiary alicyclic amines) is 1. The lowest BCUT2D eigenvalue weighted by atomic mass is 10.1. The first-order chi connectivity index (χ1) is 12.4. The van der Waals surface area contributed by atoms with Crippen molar-refractivity contribution in [1.82, 2.24) is 9.80 Å². The number of nitrogens with zero attached hydrogens (tertiary/aromatic N) is 2. The van der Waals surface area contributed by atoms with Crippen molar-refractivity contribution in [2.75, 3.05) is 40.4 Å². The number of hydrogen-bond donors (Lipinski definition) is 1. The van der Waals surface area contributed by atoms with Crippen molar-refractivity contribution in [3.05, 3.63) is 22.7 Å². The molecule has 0 aliphatic carbocycles. The molecule has 26 heavy (non-hydrogen) atoms. The van der Waals surface area contributed by atoms with E-state index in [-0.39, 0.29) is 6.54 Å². The van der Waals surface area contributed by atoms with Crippen LogP contribution < -0.4 is 9.47 Å². The van der Waals surface area contributed by atoms with Gasteiger partial charge in [-0.05, 0) is 64.0 Å². The number of benzene rings is 1. The zero-order valence-corrected chi connectivity index (χ0v) is 16.6. The molecule has 146 valence electrons. The van der Waals surface area contributed by atoms with Gasteiger partial charge in [-0.15, -0.1) is 0 Å². The highest BCUT2D eigenvalue weighted by Gasteiger charge is 2.22. The minimum Gasteiger partial charge on any atom is -0.491 e. The van der Waals surface area contributed by atoms with E-state index in [0.29, 0.717) is 29.2 Å². The zero-order chi connectivity index (χ0) is 19.1. The van der Waals surface area contributed by atoms with E-state index in [1.165, 1.54) is 0 Å². The Morgan fingerprint density at radius 2 is 2.15 bits per heavy atom. The van der Waals surface area contributed by atoms with Crippen LogP contribution in [0.5, 0.6) is 11.5 Å². The first kappa shape index (κ1) is 20.8. The Labute approximate surface area is 160 Å². The van der Waals surface area contributed by atoms with Crippen LogP contribution >= 0.6 is 11.6 Å². The molecule has 2 rings (SSSR count). The molecule has 1 aliphatic heterocycles. The Morgan fingerprint density at radius 1 is 1.38 bits per heavy atom. The third kappa shape index (κ3) is 5.76. The second kappa shape index (κ2) is 10.00. The minimum absolute atomic E-state index is 0.0937. The van der Waals surface area contributed by atoms with E-state index in [9.17, 15) is 4.79 Å². The number of likely N-dealkylation sites (N-methyl/N-ethyl adjacent to an activating group) is 1. The van der Waals surface area contributed by atoms with Gasteiger partial charge < -0.3 is 14.6 Å². The molecule has 1 aromatic carbocycles. The summed E-state index contributed by atoms with van der Waals surface area (Å²) < 4.78 is 11.0. The third-order valence-electron chi connectivity index (χ3n) is 4.78. The van der Waals surface area contributed by atoms with Crippen LogP contribution in [0.1, 0.15) is 31.7 Å². The molecule has 1 N–H and O–H groups in total. The molecule has 1 aliphatic rings. The lowest BCUT2D eigenvalue weighted by molar-refractivity contribution is -0.138. The van der Waals surface area contributed by atoms with Gasteiger partial charge in [0.15, 0.2) is 11.5 Å². The van der Waals surface area contributed by atoms with Gasteiger partial charge in [0.2, 0.25) is 0 Å². The van der Waals surface area contributed by atoms with Crippen LogP contribution in [0.4, 0.5) is 0 Å². The smallest absolute Gasteiger partial charge is 0.317 e. The minimum atomic E-state index is -0.773. The number of ether oxygens (including phenoxy) is 2. The maximum Gasteiger partial charge on any atom is 0.317 e. The highest BCUT2D eigenvalue weighted by Crippen LogP contribution is 2.36. The molecule has 1 aromatic rings. The number of carbonyl (C=O) groups is 1. The standard InChI is InChI=1S/C19H29ClN2O4/c1-4-26-17-11-14(10-16(20)19(17)25-3)12-22-8-5-6-15(7-9-22)21(2)13-18(23)24/h10-11,15H,4-9,12-13H2,1-3H3,(H,23,24). The predicted octanol–water partition coefficient (Wildman–Crippen LogP) is 3.12. The van der Waals surface area contributed by atoms with Crippen LogP contribution in [-0.2, 0) is 11.3 Å². The number of halogens is 1. The quantitative estimate of drug-likeness (QED) is 0.743. The Morgan fingerprint density at radius 3 is 2.81 bits per heavy atom. The number of carboxylic acid groups (broad SMARTS) is 1. The van der Waals surface area contributed by atoms with Crippen LogP contribution in [0.15, 0.2) is 12.1 Å². The van der Waals surface area contributed by atoms with Gasteiger partial charge in [0.05, 0.1) is 25.3 Å². The number of methoxy groups -OCH3 is 1. The highest BCUT2D eigenvalue weighted by molar-refractivity contribution is 6.32. The molecule has 1 heterocycles. The molecule has 1 atom stereocenters. The van der Waals surface area contributed by atoms with Crippen molar-refractivity contribution in [1.29, 1.82) is 0 Å². The lowest BCUT2D eigenvalue weighted by Gasteiger charge is -2.25. The first-order valence-electron chi connectivity index (χ1n) is 9.08. The fraction of sp³-hybridized carbons (Fsp3) is 0.632. The van der Waals surface area contributed by atoms with E-state index in [2.05, 4.69) is 4.90 Å². The lowest BCUT2D eigenvalue weighted by Crippen LogP contribution is -2.36. The second-order valence-electron chi connectivity index (χ2n) is 6.71. The summed E-state index contributed by atoms with van der Waals surface area (Å²) in [5.74, 6) is 0.472. The molecule has 1 fully saturated rings. The maximum atomic E-state index is 10.9. The van der Waals surface area contributed by atoms with Gasteiger partial charge in [0.1, 0.15) is 0 Å². The molecular weight excluding hydrogens is 356 g/mol. The fourth-order valence-corrected chi connectivity index (χ4v) is 3.82. The van der Waals surface area contributed by atoms with Crippen molar-refractivity contribution in [3.8, 4) is 11.5 Å². The number of hydrogen-bond acceptors (Lipinski definition) is 5. The first-order valence-corrected chi connectivity index (χ1v) is 9.46. The average molecular weight is 385 g/mol. The molecule has 1 unspecified atom stereocenters. The third-order valence-corrected chi connectivity index (χ3v) is 5.06. The molecule has 0 amide bonds. The Kier molecular flexibility index (Phi) is 8.00. The summed E-state index contributed by atoms with van der Waals surface area (Å²) >= 11 is 6.35. The molecule has 0 saturated carbocycles. The summed E-state index contributed by atoms with van der Waals surface area (Å²) in [6.07, 6.45) is 3.04. The van der Waals surface area contributed by atoms with Crippen molar-refractivity contribution < 1.29 is 19.4 Å². The van der Waals surface area contributed by atoms with E-state index >= 15 is 0 Å². The summed E-state index contributed by atoms with van der Waals surface area (Å²) in [6, 6.07) is 4.24. The Bertz CT molecular complexity index is 611. The summed E-state index contributed by atoms with van der Waals surface area (Å²) in [6.45, 7) is 5.29. The van der Waals surface area contributed by atoms with E-state index in [0.717, 1.165) is 44.5 Å². The van der Waals surface area contributed by atoms with E-state index in [4.69, 9.17) is 26.2 Å². The van der Waals surface area contributed by atoms with Crippen LogP contribution in [0.2, 0.25) is 5.02 Å². The molecule has 1 saturated heterocycles. The van der Waals surface area contributed by atoms with Gasteiger partial charge in [-0.1, -0.05) is 11.6 Å². The normalized spacial score (nSPS) is 18.6. The van der Waals surface area contributed by atoms with Crippen LogP contribution in [-0.4, -0.2) is 67.3 Å². The molecule has 0 radical (unpaired) electrons. The summed E-state index contributed by atoms with van der Waals surface area (Å²) in [7, 11) is 3.48. The second-order valence-corrected chi connectivity index (χ2v) is 7.12. The van der Waals surface area contributed by atoms with Gasteiger partial charge in [-0.3, -0.25) is 14.6 Å². The number of carboxylic acids is 1. The monoisotopic (exact) mass is 384 g/mol. The molecule has 0 spiro atoms. The molecule has 7 heteroatoms. The molecular formula is C19H29ClN2O4. The SMILES string of the molecule is CCOc1cc(CN2CCCC(N(C)CC(=O)O)CC2)cc(Cl)c1OC. The predicted molar refractivity (Wildman–Crippen MR) is 102 cm³/mol. The summed E-state index contributed by atoms with van der Waals surface area (Å²) in [5.41, 5.74) is 1.09. The van der Waals surface area contributed by atoms with Crippen LogP contribution in [0.25, 0.3) is 0 Å². The topological polar surface area (TPSA) is 62.2 Å². The summed E-state index contributed by atoms with van der Waals surface area (Å²) in [5, 5.41) is 9.54. The van der Waals surface area contributed by atoms with E-state index < -0.39 is 5.97 Å². The largest absolute Gasteiger partial charge is 0.491 e. The molecule has 6 nitrogen and oxygen atoms in total. The van der Waals surface area contributed by atoms with Gasteiger partial charge in [0, 0.05) is 12.6 Å². The Hall–Kier alpha value is -1.50. The zero-order valence-electron chi connectivity index (χ0n) is 15.8. The molecule has 0 aromatic heterocycles. The van der Waals surface area contributed by atoms with Crippen molar-refractivity contribution >= 4 is 17.6 Å². The van der Waals surface area contributed by atoms with Crippen LogP contribution in [0.3, 0.4) is 0 Å². The van der Waals surface area contributed by atoms with Gasteiger partial charge in [-0.25, -0.2) is 0 Å². The van der Waals surface area contributed by atoms with E-state index in [1.54, 1.807) is 7.11 Å². The fourth-order valence-electron chi connectivity index (χ4n) is 3.51. The number of rotatable bonds is 8. The van der Waals surface area contributed by atoms with Crippen LogP contribution in [0, 0.1) is 0 Å². The van der Waals surface area contributed by atoms with Gasteiger partial charge >= 0.3 is 5.97 Å². The Balaban J connectivity index is 2.01. The van der Waals surface area contributed by atoms with Gasteiger partial charge in [-0.2, -0.15) is 0 Å².